The van der Waals surface area contributed by atoms with Crippen molar-refractivity contribution in [2.45, 2.75) is 44.9 Å². The zero-order chi connectivity index (χ0) is 19.5. The fourth-order valence-electron chi connectivity index (χ4n) is 3.90. The van der Waals surface area contributed by atoms with Gasteiger partial charge in [-0.2, -0.15) is 0 Å². The van der Waals surface area contributed by atoms with Crippen LogP contribution >= 0.6 is 0 Å². The van der Waals surface area contributed by atoms with Crippen molar-refractivity contribution in [3.63, 3.8) is 0 Å². The van der Waals surface area contributed by atoms with Crippen LogP contribution in [0.15, 0.2) is 48.5 Å². The van der Waals surface area contributed by atoms with E-state index < -0.39 is 6.10 Å². The maximum absolute atomic E-state index is 12.9. The molecule has 0 aliphatic heterocycles. The normalized spacial score (nSPS) is 17.1. The third kappa shape index (κ3) is 3.87. The summed E-state index contributed by atoms with van der Waals surface area (Å²) in [5, 5.41) is 15.9. The molecular formula is C22H26N4O2. The van der Waals surface area contributed by atoms with Gasteiger partial charge < -0.3 is 20.3 Å². The van der Waals surface area contributed by atoms with Crippen LogP contribution in [0, 0.1) is 0 Å². The lowest BCUT2D eigenvalue weighted by Crippen LogP contribution is -2.33. The van der Waals surface area contributed by atoms with Crippen LogP contribution < -0.4 is 10.6 Å². The van der Waals surface area contributed by atoms with E-state index in [-0.39, 0.29) is 18.5 Å². The first-order valence-electron chi connectivity index (χ1n) is 9.86. The van der Waals surface area contributed by atoms with Crippen molar-refractivity contribution in [2.24, 2.45) is 0 Å². The molecule has 1 aliphatic carbocycles. The fourth-order valence-corrected chi connectivity index (χ4v) is 3.90. The first kappa shape index (κ1) is 18.5. The molecule has 4 rings (SSSR count). The highest BCUT2D eigenvalue weighted by molar-refractivity contribution is 5.83. The number of carbonyl (C=O) groups excluding carboxylic acids is 1. The quantitative estimate of drug-likeness (QED) is 0.616. The van der Waals surface area contributed by atoms with Crippen molar-refractivity contribution in [2.75, 3.05) is 11.9 Å². The molecule has 1 heterocycles. The lowest BCUT2D eigenvalue weighted by atomic mass is 9.88. The first-order valence-corrected chi connectivity index (χ1v) is 9.86. The number of hydrogen-bond donors (Lipinski definition) is 3. The van der Waals surface area contributed by atoms with Crippen LogP contribution in [0.1, 0.15) is 36.9 Å². The standard InChI is InChI=1S/C22H26N4O2/c1-15(27)13-23-22-25-19-10-4-5-12-20(19)26(22)14-21(28)24-18-11-6-8-16-7-2-3-9-17(16)18/h2-5,7,9-10,12,15,18,27H,6,8,11,13-14H2,1H3,(H,23,25)(H,24,28)/t15-,18+/m0/s1. The smallest absolute Gasteiger partial charge is 0.240 e. The maximum Gasteiger partial charge on any atom is 0.240 e. The molecule has 6 heteroatoms. The van der Waals surface area contributed by atoms with Crippen LogP contribution in [0.5, 0.6) is 0 Å². The Hall–Kier alpha value is -2.86. The number of hydrogen-bond acceptors (Lipinski definition) is 4. The molecule has 0 radical (unpaired) electrons. The van der Waals surface area contributed by atoms with Crippen molar-refractivity contribution in [1.82, 2.24) is 14.9 Å². The molecule has 2 atom stereocenters. The minimum absolute atomic E-state index is 0.0371. The van der Waals surface area contributed by atoms with Crippen LogP contribution in [0.2, 0.25) is 0 Å². The predicted molar refractivity (Wildman–Crippen MR) is 110 cm³/mol. The molecule has 1 aromatic heterocycles. The molecule has 0 saturated carbocycles. The molecule has 6 nitrogen and oxygen atoms in total. The number of carbonyl (C=O) groups is 1. The lowest BCUT2D eigenvalue weighted by Gasteiger charge is -2.26. The van der Waals surface area contributed by atoms with E-state index in [1.54, 1.807) is 6.92 Å². The highest BCUT2D eigenvalue weighted by atomic mass is 16.3. The monoisotopic (exact) mass is 378 g/mol. The van der Waals surface area contributed by atoms with Gasteiger partial charge in [-0.15, -0.1) is 0 Å². The van der Waals surface area contributed by atoms with Gasteiger partial charge in [-0.3, -0.25) is 4.79 Å². The van der Waals surface area contributed by atoms with Crippen LogP contribution in [-0.4, -0.2) is 33.2 Å². The summed E-state index contributed by atoms with van der Waals surface area (Å²) in [4.78, 5) is 17.5. The molecule has 0 bridgehead atoms. The number of para-hydroxylation sites is 2. The van der Waals surface area contributed by atoms with Crippen LogP contribution in [0.4, 0.5) is 5.95 Å². The lowest BCUT2D eigenvalue weighted by molar-refractivity contribution is -0.122. The molecule has 28 heavy (non-hydrogen) atoms. The van der Waals surface area contributed by atoms with Crippen molar-refractivity contribution < 1.29 is 9.90 Å². The van der Waals surface area contributed by atoms with Gasteiger partial charge in [0.2, 0.25) is 11.9 Å². The number of rotatable bonds is 6. The molecule has 1 aliphatic rings. The molecule has 0 fully saturated rings. The summed E-state index contributed by atoms with van der Waals surface area (Å²) in [6.45, 7) is 2.27. The van der Waals surface area contributed by atoms with E-state index in [0.717, 1.165) is 30.3 Å². The van der Waals surface area contributed by atoms with E-state index in [9.17, 15) is 9.90 Å². The predicted octanol–water partition coefficient (Wildman–Crippen LogP) is 3.02. The van der Waals surface area contributed by atoms with Gasteiger partial charge in [0.15, 0.2) is 0 Å². The summed E-state index contributed by atoms with van der Waals surface area (Å²) in [5.41, 5.74) is 4.28. The van der Waals surface area contributed by atoms with E-state index in [4.69, 9.17) is 0 Å². The molecule has 0 unspecified atom stereocenters. The Bertz CT molecular complexity index is 980. The Morgan fingerprint density at radius 2 is 2.04 bits per heavy atom. The van der Waals surface area contributed by atoms with Gasteiger partial charge >= 0.3 is 0 Å². The molecule has 146 valence electrons. The zero-order valence-electron chi connectivity index (χ0n) is 16.1. The number of nitrogens with zero attached hydrogens (tertiary/aromatic N) is 2. The number of aliphatic hydroxyl groups excluding tert-OH is 1. The summed E-state index contributed by atoms with van der Waals surface area (Å²) in [5.74, 6) is 0.561. The first-order chi connectivity index (χ1) is 13.6. The Balaban J connectivity index is 1.55. The molecule has 0 saturated heterocycles. The third-order valence-electron chi connectivity index (χ3n) is 5.22. The molecule has 3 aromatic rings. The summed E-state index contributed by atoms with van der Waals surface area (Å²) in [6.07, 6.45) is 2.61. The van der Waals surface area contributed by atoms with Gasteiger partial charge in [0, 0.05) is 6.54 Å². The van der Waals surface area contributed by atoms with Gasteiger partial charge in [0.1, 0.15) is 6.54 Å². The van der Waals surface area contributed by atoms with Crippen LogP contribution in [0.3, 0.4) is 0 Å². The van der Waals surface area contributed by atoms with Crippen molar-refractivity contribution >= 4 is 22.9 Å². The Morgan fingerprint density at radius 1 is 1.25 bits per heavy atom. The number of benzene rings is 2. The van der Waals surface area contributed by atoms with Gasteiger partial charge in [-0.25, -0.2) is 4.98 Å². The summed E-state index contributed by atoms with van der Waals surface area (Å²) in [7, 11) is 0. The van der Waals surface area contributed by atoms with Gasteiger partial charge in [-0.05, 0) is 49.4 Å². The second kappa shape index (κ2) is 8.02. The topological polar surface area (TPSA) is 79.2 Å². The Labute approximate surface area is 164 Å². The number of fused-ring (bicyclic) bond motifs is 2. The third-order valence-corrected chi connectivity index (χ3v) is 5.22. The average Bonchev–Trinajstić information content (AvgIpc) is 3.04. The van der Waals surface area contributed by atoms with Gasteiger partial charge in [0.05, 0.1) is 23.2 Å². The molecule has 1 amide bonds. The van der Waals surface area contributed by atoms with E-state index in [0.29, 0.717) is 12.5 Å². The number of aromatic nitrogens is 2. The van der Waals surface area contributed by atoms with E-state index in [1.165, 1.54) is 11.1 Å². The number of aryl methyl sites for hydroxylation is 1. The second-order valence-corrected chi connectivity index (χ2v) is 7.45. The minimum atomic E-state index is -0.499. The Kier molecular flexibility index (Phi) is 5.30. The Morgan fingerprint density at radius 3 is 2.89 bits per heavy atom. The second-order valence-electron chi connectivity index (χ2n) is 7.45. The summed E-state index contributed by atoms with van der Waals surface area (Å²) >= 11 is 0. The highest BCUT2D eigenvalue weighted by Gasteiger charge is 2.22. The summed E-state index contributed by atoms with van der Waals surface area (Å²) in [6, 6.07) is 16.2. The fraction of sp³-hybridized carbons (Fsp3) is 0.364. The van der Waals surface area contributed by atoms with Crippen molar-refractivity contribution in [3.8, 4) is 0 Å². The van der Waals surface area contributed by atoms with Crippen LogP contribution in [-0.2, 0) is 17.8 Å². The van der Waals surface area contributed by atoms with E-state index >= 15 is 0 Å². The van der Waals surface area contributed by atoms with E-state index in [1.807, 2.05) is 34.9 Å². The SMILES string of the molecule is C[C@H](O)CNc1nc2ccccc2n1CC(=O)N[C@@H]1CCCc2ccccc21. The number of imidazole rings is 1. The number of aliphatic hydroxyl groups is 1. The highest BCUT2D eigenvalue weighted by Crippen LogP contribution is 2.29. The number of anilines is 1. The van der Waals surface area contributed by atoms with Gasteiger partial charge in [-0.1, -0.05) is 36.4 Å². The summed E-state index contributed by atoms with van der Waals surface area (Å²) < 4.78 is 1.88. The largest absolute Gasteiger partial charge is 0.392 e. The number of nitrogens with one attached hydrogen (secondary N) is 2. The zero-order valence-corrected chi connectivity index (χ0v) is 16.1. The minimum Gasteiger partial charge on any atom is -0.392 e. The van der Waals surface area contributed by atoms with Crippen molar-refractivity contribution in [3.05, 3.63) is 59.7 Å². The number of amides is 1. The molecule has 0 spiro atoms. The van der Waals surface area contributed by atoms with Crippen molar-refractivity contribution in [1.29, 1.82) is 0 Å². The van der Waals surface area contributed by atoms with Crippen LogP contribution in [0.25, 0.3) is 11.0 Å². The van der Waals surface area contributed by atoms with Gasteiger partial charge in [0.25, 0.3) is 0 Å². The maximum atomic E-state index is 12.9. The molecule has 2 aromatic carbocycles. The average molecular weight is 378 g/mol. The van der Waals surface area contributed by atoms with E-state index in [2.05, 4.69) is 33.8 Å². The molecule has 3 N–H and O–H groups in total. The molecular weight excluding hydrogens is 352 g/mol.